The van der Waals surface area contributed by atoms with E-state index in [0.717, 1.165) is 0 Å². The number of carboxylic acid groups (broad SMARTS) is 2. The molecule has 0 bridgehead atoms. The topological polar surface area (TPSA) is 109 Å². The molecule has 1 aliphatic rings. The number of hydrogen-bond donors (Lipinski definition) is 2. The van der Waals surface area contributed by atoms with Gasteiger partial charge in [0, 0.05) is 6.42 Å². The second-order valence-electron chi connectivity index (χ2n) is 3.37. The van der Waals surface area contributed by atoms with Crippen LogP contribution in [0.15, 0.2) is 24.3 Å². The molecule has 1 unspecified atom stereocenters. The molecule has 0 amide bonds. The van der Waals surface area contributed by atoms with Gasteiger partial charge in [0.1, 0.15) is 0 Å². The molecule has 0 aromatic carbocycles. The summed E-state index contributed by atoms with van der Waals surface area (Å²) in [5.74, 6) is -5.63. The lowest BCUT2D eigenvalue weighted by molar-refractivity contribution is -0.156. The van der Waals surface area contributed by atoms with E-state index in [1.54, 1.807) is 0 Å². The Morgan fingerprint density at radius 1 is 1.25 bits per heavy atom. The van der Waals surface area contributed by atoms with Crippen LogP contribution >= 0.6 is 0 Å². The first-order chi connectivity index (χ1) is 7.26. The average Bonchev–Trinajstić information content (AvgIpc) is 2.38. The number of rotatable bonds is 3. The summed E-state index contributed by atoms with van der Waals surface area (Å²) >= 11 is 0. The molecule has 0 radical (unpaired) electrons. The van der Waals surface area contributed by atoms with Crippen molar-refractivity contribution >= 4 is 23.5 Å². The van der Waals surface area contributed by atoms with Gasteiger partial charge in [-0.25, -0.2) is 4.79 Å². The largest absolute Gasteiger partial charge is 0.480 e. The molecule has 1 fully saturated rings. The number of hydrogen-bond acceptors (Lipinski definition) is 4. The van der Waals surface area contributed by atoms with E-state index >= 15 is 0 Å². The zero-order valence-electron chi connectivity index (χ0n) is 8.15. The van der Waals surface area contributed by atoms with Crippen molar-refractivity contribution in [2.24, 2.45) is 5.41 Å². The quantitative estimate of drug-likeness (QED) is 0.507. The average molecular weight is 224 g/mol. The Kier molecular flexibility index (Phi) is 2.52. The minimum Gasteiger partial charge on any atom is -0.480 e. The molecule has 0 spiro atoms. The van der Waals surface area contributed by atoms with Gasteiger partial charge in [0.05, 0.1) is 5.57 Å². The van der Waals surface area contributed by atoms with Crippen LogP contribution in [0, 0.1) is 5.41 Å². The minimum absolute atomic E-state index is 0.213. The van der Waals surface area contributed by atoms with Crippen molar-refractivity contribution in [1.29, 1.82) is 0 Å². The maximum Gasteiger partial charge on any atom is 0.333 e. The summed E-state index contributed by atoms with van der Waals surface area (Å²) in [6.07, 6.45) is -0.461. The molecule has 1 atom stereocenters. The third kappa shape index (κ3) is 1.19. The molecule has 1 saturated carbocycles. The number of aliphatic carboxylic acids is 2. The summed E-state index contributed by atoms with van der Waals surface area (Å²) < 4.78 is 0. The van der Waals surface area contributed by atoms with Gasteiger partial charge in [-0.1, -0.05) is 13.2 Å². The fraction of sp³-hybridized carbons (Fsp3) is 0.200. The molecule has 1 rings (SSSR count). The van der Waals surface area contributed by atoms with Crippen molar-refractivity contribution in [2.45, 2.75) is 6.42 Å². The predicted octanol–water partition coefficient (Wildman–Crippen LogP) is -0.204. The zero-order valence-corrected chi connectivity index (χ0v) is 8.15. The van der Waals surface area contributed by atoms with Gasteiger partial charge in [0.15, 0.2) is 11.6 Å². The van der Waals surface area contributed by atoms with Crippen molar-refractivity contribution in [3.8, 4) is 0 Å². The number of carbonyl (C=O) groups excluding carboxylic acids is 2. The Labute approximate surface area is 89.9 Å². The highest BCUT2D eigenvalue weighted by Crippen LogP contribution is 2.40. The van der Waals surface area contributed by atoms with Gasteiger partial charge in [0.25, 0.3) is 0 Å². The molecule has 1 aliphatic carbocycles. The number of Topliss-reactive ketones (excluding diaryl/α,β-unsaturated/α-hetero) is 2. The lowest BCUT2D eigenvalue weighted by Gasteiger charge is -2.19. The molecule has 6 heteroatoms. The van der Waals surface area contributed by atoms with E-state index in [-0.39, 0.29) is 5.57 Å². The van der Waals surface area contributed by atoms with E-state index in [1.165, 1.54) is 0 Å². The Balaban J connectivity index is 3.50. The summed E-state index contributed by atoms with van der Waals surface area (Å²) in [6, 6.07) is 0. The number of allylic oxidation sites excluding steroid dienone is 1. The first-order valence-electron chi connectivity index (χ1n) is 4.18. The fourth-order valence-corrected chi connectivity index (χ4v) is 1.61. The number of carbonyl (C=O) groups is 4. The van der Waals surface area contributed by atoms with E-state index in [1.807, 2.05) is 0 Å². The van der Waals surface area contributed by atoms with E-state index in [9.17, 15) is 19.2 Å². The molecule has 6 nitrogen and oxygen atoms in total. The smallest absolute Gasteiger partial charge is 0.333 e. The van der Waals surface area contributed by atoms with Gasteiger partial charge < -0.3 is 10.2 Å². The first-order valence-corrected chi connectivity index (χ1v) is 4.18. The summed E-state index contributed by atoms with van der Waals surface area (Å²) in [4.78, 5) is 44.8. The van der Waals surface area contributed by atoms with Gasteiger partial charge in [0.2, 0.25) is 5.41 Å². The van der Waals surface area contributed by atoms with Gasteiger partial charge in [-0.2, -0.15) is 0 Å². The maximum absolute atomic E-state index is 11.6. The highest BCUT2D eigenvalue weighted by atomic mass is 16.4. The standard InChI is InChI=1S/C10H8O6/c1-4-3-6(11)10(7(4)12,9(15)16)5(2)8(13)14/h1-3H2,(H,13,14)(H,15,16). The summed E-state index contributed by atoms with van der Waals surface area (Å²) in [7, 11) is 0. The molecule has 0 aromatic rings. The van der Waals surface area contributed by atoms with Crippen LogP contribution in [0.1, 0.15) is 6.42 Å². The third-order valence-electron chi connectivity index (χ3n) is 2.49. The van der Waals surface area contributed by atoms with Gasteiger partial charge in [-0.05, 0) is 5.57 Å². The molecule has 0 saturated heterocycles. The molecule has 0 aliphatic heterocycles. The third-order valence-corrected chi connectivity index (χ3v) is 2.49. The van der Waals surface area contributed by atoms with Gasteiger partial charge in [-0.15, -0.1) is 0 Å². The monoisotopic (exact) mass is 224 g/mol. The van der Waals surface area contributed by atoms with Crippen LogP contribution in [0.5, 0.6) is 0 Å². The predicted molar refractivity (Wildman–Crippen MR) is 50.6 cm³/mol. The summed E-state index contributed by atoms with van der Waals surface area (Å²) in [5.41, 5.74) is -3.86. The normalized spacial score (nSPS) is 24.6. The van der Waals surface area contributed by atoms with Crippen molar-refractivity contribution < 1.29 is 29.4 Å². The van der Waals surface area contributed by atoms with Crippen LogP contribution in [-0.4, -0.2) is 33.7 Å². The van der Waals surface area contributed by atoms with Crippen molar-refractivity contribution in [3.63, 3.8) is 0 Å². The summed E-state index contributed by atoms with van der Waals surface area (Å²) in [5, 5.41) is 17.6. The van der Waals surface area contributed by atoms with Crippen LogP contribution < -0.4 is 0 Å². The Morgan fingerprint density at radius 2 is 1.75 bits per heavy atom. The van der Waals surface area contributed by atoms with E-state index in [2.05, 4.69) is 13.2 Å². The van der Waals surface area contributed by atoms with E-state index in [4.69, 9.17) is 10.2 Å². The van der Waals surface area contributed by atoms with Gasteiger partial charge >= 0.3 is 11.9 Å². The fourth-order valence-electron chi connectivity index (χ4n) is 1.61. The van der Waals surface area contributed by atoms with Crippen molar-refractivity contribution in [2.75, 3.05) is 0 Å². The Morgan fingerprint density at radius 3 is 2.00 bits per heavy atom. The second-order valence-corrected chi connectivity index (χ2v) is 3.37. The molecular formula is C10H8O6. The van der Waals surface area contributed by atoms with Crippen LogP contribution in [0.3, 0.4) is 0 Å². The molecule has 16 heavy (non-hydrogen) atoms. The molecule has 0 heterocycles. The molecule has 0 aromatic heterocycles. The molecule has 84 valence electrons. The number of carboxylic acids is 2. The van der Waals surface area contributed by atoms with Crippen LogP contribution in [-0.2, 0) is 19.2 Å². The van der Waals surface area contributed by atoms with Gasteiger partial charge in [-0.3, -0.25) is 14.4 Å². The van der Waals surface area contributed by atoms with Crippen LogP contribution in [0.2, 0.25) is 0 Å². The lowest BCUT2D eigenvalue weighted by Crippen LogP contribution is -2.45. The van der Waals surface area contributed by atoms with Crippen LogP contribution in [0.25, 0.3) is 0 Å². The SMILES string of the molecule is C=C1CC(=O)C(C(=C)C(=O)O)(C(=O)O)C1=O. The zero-order chi connectivity index (χ0) is 12.7. The minimum atomic E-state index is -2.69. The van der Waals surface area contributed by atoms with Crippen LogP contribution in [0.4, 0.5) is 0 Å². The Hall–Kier alpha value is -2.24. The molecule has 2 N–H and O–H groups in total. The maximum atomic E-state index is 11.6. The molecular weight excluding hydrogens is 216 g/mol. The second kappa shape index (κ2) is 3.41. The van der Waals surface area contributed by atoms with Crippen molar-refractivity contribution in [1.82, 2.24) is 0 Å². The van der Waals surface area contributed by atoms with E-state index < -0.39 is 40.9 Å². The number of ketones is 2. The van der Waals surface area contributed by atoms with E-state index in [0.29, 0.717) is 0 Å². The Bertz CT molecular complexity index is 458. The summed E-state index contributed by atoms with van der Waals surface area (Å²) in [6.45, 7) is 6.24. The first kappa shape index (κ1) is 11.8. The lowest BCUT2D eigenvalue weighted by atomic mass is 9.77. The van der Waals surface area contributed by atoms with Crippen molar-refractivity contribution in [3.05, 3.63) is 24.3 Å². The highest BCUT2D eigenvalue weighted by Gasteiger charge is 2.61. The highest BCUT2D eigenvalue weighted by molar-refractivity contribution is 6.37.